The fourth-order valence-corrected chi connectivity index (χ4v) is 3.32. The van der Waals surface area contributed by atoms with Crippen LogP contribution in [0.15, 0.2) is 48.5 Å². The maximum absolute atomic E-state index is 15.2. The topological polar surface area (TPSA) is 38.8 Å². The number of morpholine rings is 1. The summed E-state index contributed by atoms with van der Waals surface area (Å²) in [7, 11) is 1.29. The van der Waals surface area contributed by atoms with Gasteiger partial charge in [0.05, 0.1) is 19.8 Å². The third kappa shape index (κ3) is 3.76. The lowest BCUT2D eigenvalue weighted by atomic mass is 9.96. The van der Waals surface area contributed by atoms with Crippen molar-refractivity contribution in [2.24, 2.45) is 0 Å². The van der Waals surface area contributed by atoms with Gasteiger partial charge >= 0.3 is 0 Å². The number of hydrogen-bond donors (Lipinski definition) is 0. The molecule has 0 aromatic heterocycles. The van der Waals surface area contributed by atoms with Gasteiger partial charge in [-0.25, -0.2) is 8.78 Å². The van der Waals surface area contributed by atoms with Crippen molar-refractivity contribution in [2.75, 3.05) is 20.3 Å². The quantitative estimate of drug-likeness (QED) is 0.740. The minimum absolute atomic E-state index is 0.0471. The minimum atomic E-state index is -1.69. The molecule has 3 unspecified atom stereocenters. The molecule has 0 spiro atoms. The molecule has 0 N–H and O–H groups in total. The molecule has 1 fully saturated rings. The summed E-state index contributed by atoms with van der Waals surface area (Å²) in [6, 6.07) is 13.0. The zero-order chi connectivity index (χ0) is 18.5. The van der Waals surface area contributed by atoms with E-state index in [4.69, 9.17) is 9.47 Å². The predicted octanol–water partition coefficient (Wildman–Crippen LogP) is 3.31. The molecule has 0 amide bonds. The van der Waals surface area contributed by atoms with Crippen LogP contribution in [0.1, 0.15) is 17.3 Å². The Hall–Kier alpha value is -2.31. The van der Waals surface area contributed by atoms with Gasteiger partial charge in [0.2, 0.25) is 0 Å². The van der Waals surface area contributed by atoms with E-state index in [2.05, 4.69) is 0 Å². The number of para-hydroxylation sites is 1. The first-order valence-electron chi connectivity index (χ1n) is 8.47. The fourth-order valence-electron chi connectivity index (χ4n) is 3.32. The minimum Gasteiger partial charge on any atom is -0.493 e. The summed E-state index contributed by atoms with van der Waals surface area (Å²) in [6.07, 6.45) is -2.01. The van der Waals surface area contributed by atoms with Crippen LogP contribution in [-0.4, -0.2) is 43.6 Å². The molecule has 26 heavy (non-hydrogen) atoms. The van der Waals surface area contributed by atoms with Crippen LogP contribution in [0.2, 0.25) is 0 Å². The van der Waals surface area contributed by atoms with Gasteiger partial charge in [-0.3, -0.25) is 4.90 Å². The lowest BCUT2D eigenvalue weighted by Gasteiger charge is -2.39. The molecule has 0 aliphatic carbocycles. The average Bonchev–Trinajstić information content (AvgIpc) is 2.68. The van der Waals surface area contributed by atoms with E-state index < -0.39 is 24.1 Å². The second kappa shape index (κ2) is 8.38. The summed E-state index contributed by atoms with van der Waals surface area (Å²) >= 11 is 0. The lowest BCUT2D eigenvalue weighted by Crippen LogP contribution is -2.53. The van der Waals surface area contributed by atoms with Crippen molar-refractivity contribution in [2.45, 2.75) is 24.9 Å². The zero-order valence-electron chi connectivity index (χ0n) is 14.5. The molecule has 6 heteroatoms. The Morgan fingerprint density at radius 1 is 1.27 bits per heavy atom. The van der Waals surface area contributed by atoms with Crippen LogP contribution in [0.3, 0.4) is 0 Å². The van der Waals surface area contributed by atoms with E-state index in [-0.39, 0.29) is 11.3 Å². The van der Waals surface area contributed by atoms with E-state index in [1.807, 2.05) is 35.2 Å². The van der Waals surface area contributed by atoms with Gasteiger partial charge in [-0.05, 0) is 11.6 Å². The highest BCUT2D eigenvalue weighted by molar-refractivity contribution is 5.59. The monoisotopic (exact) mass is 361 g/mol. The number of alkyl halides is 1. The van der Waals surface area contributed by atoms with Crippen molar-refractivity contribution in [1.82, 2.24) is 4.90 Å². The number of methoxy groups -OCH3 is 1. The first-order chi connectivity index (χ1) is 12.7. The van der Waals surface area contributed by atoms with Crippen molar-refractivity contribution in [1.29, 1.82) is 0 Å². The predicted molar refractivity (Wildman–Crippen MR) is 93.2 cm³/mol. The SMILES string of the molecule is COc1c(F)cccc1C(F)C1OCCN(Cc2ccccc2)C1C=O. The van der Waals surface area contributed by atoms with Crippen LogP contribution in [0.25, 0.3) is 0 Å². The van der Waals surface area contributed by atoms with Crippen molar-refractivity contribution in [3.05, 3.63) is 65.5 Å². The molecule has 4 nitrogen and oxygen atoms in total. The molecule has 1 aliphatic heterocycles. The van der Waals surface area contributed by atoms with Gasteiger partial charge in [0, 0.05) is 18.7 Å². The van der Waals surface area contributed by atoms with Crippen molar-refractivity contribution in [3.63, 3.8) is 0 Å². The maximum atomic E-state index is 15.2. The molecule has 2 aromatic rings. The van der Waals surface area contributed by atoms with Crippen molar-refractivity contribution < 1.29 is 23.0 Å². The normalized spacial score (nSPS) is 22.0. The van der Waals surface area contributed by atoms with E-state index in [1.54, 1.807) is 0 Å². The maximum Gasteiger partial charge on any atom is 0.165 e. The Labute approximate surface area is 151 Å². The van der Waals surface area contributed by atoms with Crippen molar-refractivity contribution >= 4 is 6.29 Å². The summed E-state index contributed by atoms with van der Waals surface area (Å²) in [5.74, 6) is -0.805. The number of halogens is 2. The number of carbonyl (C=O) groups excluding carboxylic acids is 1. The Morgan fingerprint density at radius 2 is 2.04 bits per heavy atom. The second-order valence-corrected chi connectivity index (χ2v) is 6.18. The average molecular weight is 361 g/mol. The van der Waals surface area contributed by atoms with Gasteiger partial charge < -0.3 is 14.3 Å². The first-order valence-corrected chi connectivity index (χ1v) is 8.47. The van der Waals surface area contributed by atoms with Gasteiger partial charge in [-0.1, -0.05) is 42.5 Å². The third-order valence-corrected chi connectivity index (χ3v) is 4.60. The first kappa shape index (κ1) is 18.5. The van der Waals surface area contributed by atoms with Crippen LogP contribution in [0.4, 0.5) is 8.78 Å². The number of rotatable bonds is 6. The standard InChI is InChI=1S/C20H21F2NO3/c1-25-19-15(8-5-9-16(19)21)18(22)20-17(13-24)23(10-11-26-20)12-14-6-3-2-4-7-14/h2-9,13,17-18,20H,10-12H2,1H3. The molecule has 1 saturated heterocycles. The molecule has 0 bridgehead atoms. The number of aldehydes is 1. The smallest absolute Gasteiger partial charge is 0.165 e. The Morgan fingerprint density at radius 3 is 2.73 bits per heavy atom. The molecule has 0 radical (unpaired) electrons. The lowest BCUT2D eigenvalue weighted by molar-refractivity contribution is -0.135. The molecule has 1 aliphatic rings. The van der Waals surface area contributed by atoms with E-state index in [1.165, 1.54) is 25.3 Å². The van der Waals surface area contributed by atoms with Crippen LogP contribution in [-0.2, 0) is 16.1 Å². The molecular weight excluding hydrogens is 340 g/mol. The van der Waals surface area contributed by atoms with Crippen LogP contribution < -0.4 is 4.74 Å². The number of nitrogens with zero attached hydrogens (tertiary/aromatic N) is 1. The number of carbonyl (C=O) groups is 1. The molecule has 0 saturated carbocycles. The fraction of sp³-hybridized carbons (Fsp3) is 0.350. The van der Waals surface area contributed by atoms with E-state index in [9.17, 15) is 9.18 Å². The van der Waals surface area contributed by atoms with Crippen LogP contribution >= 0.6 is 0 Å². The molecule has 1 heterocycles. The van der Waals surface area contributed by atoms with Gasteiger partial charge in [0.15, 0.2) is 17.7 Å². The van der Waals surface area contributed by atoms with Gasteiger partial charge in [0.1, 0.15) is 12.4 Å². The van der Waals surface area contributed by atoms with E-state index in [0.29, 0.717) is 26.0 Å². The largest absolute Gasteiger partial charge is 0.493 e. The van der Waals surface area contributed by atoms with Crippen molar-refractivity contribution in [3.8, 4) is 5.75 Å². The van der Waals surface area contributed by atoms with Gasteiger partial charge in [0.25, 0.3) is 0 Å². The Kier molecular flexibility index (Phi) is 5.96. The highest BCUT2D eigenvalue weighted by Crippen LogP contribution is 2.36. The third-order valence-electron chi connectivity index (χ3n) is 4.60. The second-order valence-electron chi connectivity index (χ2n) is 6.18. The molecule has 138 valence electrons. The Bertz CT molecular complexity index is 741. The summed E-state index contributed by atoms with van der Waals surface area (Å²) < 4.78 is 39.7. The summed E-state index contributed by atoms with van der Waals surface area (Å²) in [5, 5.41) is 0. The van der Waals surface area contributed by atoms with Crippen LogP contribution in [0.5, 0.6) is 5.75 Å². The highest BCUT2D eigenvalue weighted by Gasteiger charge is 2.39. The molecule has 3 rings (SSSR count). The summed E-state index contributed by atoms with van der Waals surface area (Å²) in [5.41, 5.74) is 1.07. The van der Waals surface area contributed by atoms with E-state index >= 15 is 4.39 Å². The number of benzene rings is 2. The number of ether oxygens (including phenoxy) is 2. The number of hydrogen-bond acceptors (Lipinski definition) is 4. The molecular formula is C20H21F2NO3. The zero-order valence-corrected chi connectivity index (χ0v) is 14.5. The van der Waals surface area contributed by atoms with E-state index in [0.717, 1.165) is 5.56 Å². The highest BCUT2D eigenvalue weighted by atomic mass is 19.1. The summed E-state index contributed by atoms with van der Waals surface area (Å²) in [4.78, 5) is 13.6. The van der Waals surface area contributed by atoms with Gasteiger partial charge in [-0.2, -0.15) is 0 Å². The summed E-state index contributed by atoms with van der Waals surface area (Å²) in [6.45, 7) is 1.32. The van der Waals surface area contributed by atoms with Gasteiger partial charge in [-0.15, -0.1) is 0 Å². The Balaban J connectivity index is 1.84. The molecule has 2 aromatic carbocycles. The molecule has 3 atom stereocenters. The van der Waals surface area contributed by atoms with Crippen LogP contribution in [0, 0.1) is 5.82 Å².